The minimum absolute atomic E-state index is 0.231. The Hall–Kier alpha value is -4.13. The number of ether oxygens (including phenoxy) is 5. The lowest BCUT2D eigenvalue weighted by molar-refractivity contribution is 0.174. The molecule has 0 aliphatic carbocycles. The monoisotopic (exact) mass is 442 g/mol. The molecule has 4 aromatic rings. The van der Waals surface area contributed by atoms with E-state index in [-0.39, 0.29) is 6.79 Å². The molecule has 7 nitrogen and oxygen atoms in total. The average molecular weight is 442 g/mol. The molecule has 2 aliphatic heterocycles. The summed E-state index contributed by atoms with van der Waals surface area (Å²) in [6, 6.07) is 17.9. The fourth-order valence-electron chi connectivity index (χ4n) is 4.71. The van der Waals surface area contributed by atoms with Crippen LogP contribution in [0.2, 0.25) is 0 Å². The molecule has 3 heterocycles. The van der Waals surface area contributed by atoms with Crippen LogP contribution in [0.1, 0.15) is 11.8 Å². The summed E-state index contributed by atoms with van der Waals surface area (Å²) in [7, 11) is 5.29. The Labute approximate surface area is 191 Å². The summed E-state index contributed by atoms with van der Waals surface area (Å²) < 4.78 is 29.1. The van der Waals surface area contributed by atoms with Crippen LogP contribution in [-0.4, -0.2) is 33.0 Å². The first-order chi connectivity index (χ1) is 16.2. The minimum atomic E-state index is -0.497. The van der Waals surface area contributed by atoms with Gasteiger partial charge in [0, 0.05) is 30.3 Å². The molecule has 0 fully saturated rings. The van der Waals surface area contributed by atoms with Gasteiger partial charge >= 0.3 is 0 Å². The minimum Gasteiger partial charge on any atom is -0.493 e. The van der Waals surface area contributed by atoms with Gasteiger partial charge in [-0.15, -0.1) is 0 Å². The highest BCUT2D eigenvalue weighted by atomic mass is 16.7. The van der Waals surface area contributed by atoms with Crippen molar-refractivity contribution in [1.82, 2.24) is 4.98 Å². The molecule has 0 radical (unpaired) electrons. The van der Waals surface area contributed by atoms with Gasteiger partial charge < -0.3 is 28.6 Å². The molecule has 0 spiro atoms. The summed E-state index contributed by atoms with van der Waals surface area (Å²) in [5.74, 6) is 3.30. The number of fused-ring (bicyclic) bond motifs is 6. The number of anilines is 1. The molecule has 0 N–H and O–H groups in total. The zero-order valence-electron chi connectivity index (χ0n) is 18.5. The van der Waals surface area contributed by atoms with E-state index in [0.29, 0.717) is 17.4 Å². The Morgan fingerprint density at radius 2 is 1.76 bits per heavy atom. The molecule has 6 rings (SSSR count). The van der Waals surface area contributed by atoms with Crippen molar-refractivity contribution in [1.29, 1.82) is 0 Å². The van der Waals surface area contributed by atoms with Crippen LogP contribution in [0, 0.1) is 0 Å². The molecule has 33 heavy (non-hydrogen) atoms. The summed E-state index contributed by atoms with van der Waals surface area (Å²) in [6.07, 6.45) is 1.22. The third-order valence-electron chi connectivity index (χ3n) is 6.18. The Morgan fingerprint density at radius 3 is 2.52 bits per heavy atom. The lowest BCUT2D eigenvalue weighted by atomic mass is 9.88. The Kier molecular flexibility index (Phi) is 4.43. The van der Waals surface area contributed by atoms with Crippen LogP contribution in [0.25, 0.3) is 21.9 Å². The number of aromatic nitrogens is 1. The first-order valence-electron chi connectivity index (χ1n) is 10.6. The van der Waals surface area contributed by atoms with Crippen LogP contribution < -0.4 is 28.6 Å². The van der Waals surface area contributed by atoms with Crippen molar-refractivity contribution in [3.05, 3.63) is 66.4 Å². The third kappa shape index (κ3) is 2.92. The highest BCUT2D eigenvalue weighted by molar-refractivity contribution is 6.05. The molecule has 7 heteroatoms. The zero-order valence-corrected chi connectivity index (χ0v) is 18.5. The molecule has 1 unspecified atom stereocenters. The number of benzene rings is 3. The molecule has 0 saturated carbocycles. The van der Waals surface area contributed by atoms with E-state index >= 15 is 0 Å². The first-order valence-corrected chi connectivity index (χ1v) is 10.6. The Balaban J connectivity index is 1.63. The SMILES string of the molecule is COc1ccc2c(c1OC)C(Oc1ccccn1)N(C)c1c-2ccc2cc3c(cc12)OCO3. The molecule has 1 atom stereocenters. The second-order valence-electron chi connectivity index (χ2n) is 7.90. The summed E-state index contributed by atoms with van der Waals surface area (Å²) in [5.41, 5.74) is 4.01. The van der Waals surface area contributed by atoms with Crippen molar-refractivity contribution in [3.8, 4) is 40.0 Å². The van der Waals surface area contributed by atoms with Crippen LogP contribution in [0.15, 0.2) is 60.8 Å². The summed E-state index contributed by atoms with van der Waals surface area (Å²) in [5, 5.41) is 2.11. The largest absolute Gasteiger partial charge is 0.493 e. The van der Waals surface area contributed by atoms with Crippen LogP contribution in [0.4, 0.5) is 5.69 Å². The molecule has 3 aromatic carbocycles. The summed E-state index contributed by atoms with van der Waals surface area (Å²) in [4.78, 5) is 6.50. The lowest BCUT2D eigenvalue weighted by Gasteiger charge is -2.38. The average Bonchev–Trinajstić information content (AvgIpc) is 3.31. The molecule has 166 valence electrons. The normalized spacial score (nSPS) is 15.7. The Bertz CT molecular complexity index is 1370. The first kappa shape index (κ1) is 19.5. The van der Waals surface area contributed by atoms with E-state index in [1.54, 1.807) is 20.4 Å². The maximum absolute atomic E-state index is 6.46. The molecule has 1 aromatic heterocycles. The second kappa shape index (κ2) is 7.48. The van der Waals surface area contributed by atoms with Gasteiger partial charge in [-0.2, -0.15) is 0 Å². The molecule has 2 aliphatic rings. The van der Waals surface area contributed by atoms with Gasteiger partial charge in [0.15, 0.2) is 23.0 Å². The lowest BCUT2D eigenvalue weighted by Crippen LogP contribution is -2.33. The van der Waals surface area contributed by atoms with Gasteiger partial charge in [0.05, 0.1) is 25.5 Å². The second-order valence-corrected chi connectivity index (χ2v) is 7.90. The molecule has 0 bridgehead atoms. The van der Waals surface area contributed by atoms with Crippen LogP contribution in [0.5, 0.6) is 28.9 Å². The van der Waals surface area contributed by atoms with Gasteiger partial charge in [0.1, 0.15) is 0 Å². The standard InChI is InChI=1S/C26H22N2O5/c1-28-24-17(8-7-15-12-20-21(13-18(15)24)32-14-31-20)16-9-10-19(29-2)25(30-3)23(16)26(28)33-22-6-4-5-11-27-22/h4-13,26H,14H2,1-3H3. The van der Waals surface area contributed by atoms with E-state index in [4.69, 9.17) is 23.7 Å². The van der Waals surface area contributed by atoms with E-state index in [2.05, 4.69) is 28.1 Å². The molecule has 0 saturated heterocycles. The zero-order chi connectivity index (χ0) is 22.5. The number of hydrogen-bond acceptors (Lipinski definition) is 7. The van der Waals surface area contributed by atoms with Crippen molar-refractivity contribution in [3.63, 3.8) is 0 Å². The van der Waals surface area contributed by atoms with Crippen LogP contribution in [-0.2, 0) is 0 Å². The predicted molar refractivity (Wildman–Crippen MR) is 125 cm³/mol. The van der Waals surface area contributed by atoms with Crippen molar-refractivity contribution < 1.29 is 23.7 Å². The number of hydrogen-bond donors (Lipinski definition) is 0. The van der Waals surface area contributed by atoms with Crippen molar-refractivity contribution in [2.75, 3.05) is 33.0 Å². The van der Waals surface area contributed by atoms with Crippen LogP contribution >= 0.6 is 0 Å². The quantitative estimate of drug-likeness (QED) is 0.432. The van der Waals surface area contributed by atoms with E-state index in [1.807, 2.05) is 43.4 Å². The van der Waals surface area contributed by atoms with Gasteiger partial charge in [0.25, 0.3) is 0 Å². The van der Waals surface area contributed by atoms with E-state index in [1.165, 1.54) is 0 Å². The molecular weight excluding hydrogens is 420 g/mol. The highest BCUT2D eigenvalue weighted by Gasteiger charge is 2.36. The fraction of sp³-hybridized carbons (Fsp3) is 0.192. The van der Waals surface area contributed by atoms with Gasteiger partial charge in [0.2, 0.25) is 18.9 Å². The molecular formula is C26H22N2O5. The summed E-state index contributed by atoms with van der Waals surface area (Å²) >= 11 is 0. The van der Waals surface area contributed by atoms with Gasteiger partial charge in [-0.3, -0.25) is 0 Å². The highest BCUT2D eigenvalue weighted by Crippen LogP contribution is 2.53. The number of pyridine rings is 1. The predicted octanol–water partition coefficient (Wildman–Crippen LogP) is 5.18. The smallest absolute Gasteiger partial charge is 0.231 e. The van der Waals surface area contributed by atoms with Crippen molar-refractivity contribution >= 4 is 16.5 Å². The Morgan fingerprint density at radius 1 is 0.939 bits per heavy atom. The molecule has 0 amide bonds. The van der Waals surface area contributed by atoms with E-state index in [0.717, 1.165) is 44.6 Å². The van der Waals surface area contributed by atoms with Crippen molar-refractivity contribution in [2.24, 2.45) is 0 Å². The number of methoxy groups -OCH3 is 2. The van der Waals surface area contributed by atoms with Crippen LogP contribution in [0.3, 0.4) is 0 Å². The maximum Gasteiger partial charge on any atom is 0.231 e. The van der Waals surface area contributed by atoms with E-state index < -0.39 is 6.23 Å². The van der Waals surface area contributed by atoms with Gasteiger partial charge in [-0.05, 0) is 41.3 Å². The van der Waals surface area contributed by atoms with Crippen molar-refractivity contribution in [2.45, 2.75) is 6.23 Å². The summed E-state index contributed by atoms with van der Waals surface area (Å²) in [6.45, 7) is 0.231. The fourth-order valence-corrected chi connectivity index (χ4v) is 4.71. The number of rotatable bonds is 4. The topological polar surface area (TPSA) is 62.3 Å². The maximum atomic E-state index is 6.46. The third-order valence-corrected chi connectivity index (χ3v) is 6.18. The van der Waals surface area contributed by atoms with Gasteiger partial charge in [-0.1, -0.05) is 18.2 Å². The van der Waals surface area contributed by atoms with Gasteiger partial charge in [-0.25, -0.2) is 4.98 Å². The number of nitrogens with zero attached hydrogens (tertiary/aromatic N) is 2. The van der Waals surface area contributed by atoms with E-state index in [9.17, 15) is 0 Å².